The summed E-state index contributed by atoms with van der Waals surface area (Å²) in [6.07, 6.45) is -4.16. The Bertz CT molecular complexity index is 1750. The molecule has 0 spiro atoms. The molecule has 0 aromatic heterocycles. The van der Waals surface area contributed by atoms with E-state index in [1.807, 2.05) is 91.0 Å². The molecule has 12 nitrogen and oxygen atoms in total. The molecule has 3 N–H and O–H groups in total. The number of hydrogen-bond donors (Lipinski definition) is 3. The summed E-state index contributed by atoms with van der Waals surface area (Å²) in [6.45, 7) is 1.41. The summed E-state index contributed by atoms with van der Waals surface area (Å²) in [5.41, 5.74) is 3.04. The number of fused-ring (bicyclic) bond motifs is 4. The van der Waals surface area contributed by atoms with E-state index in [9.17, 15) is 15.3 Å². The molecule has 1 saturated carbocycles. The lowest BCUT2D eigenvalue weighted by Gasteiger charge is -2.61. The molecule has 0 radical (unpaired) electrons. The molecule has 15 atom stereocenters. The Morgan fingerprint density at radius 1 is 0.593 bits per heavy atom. The van der Waals surface area contributed by atoms with Crippen LogP contribution in [0.25, 0.3) is 0 Å². The van der Waals surface area contributed by atoms with Gasteiger partial charge in [-0.1, -0.05) is 110 Å². The molecule has 0 unspecified atom stereocenters. The van der Waals surface area contributed by atoms with E-state index in [0.29, 0.717) is 32.7 Å². The van der Waals surface area contributed by atoms with Crippen molar-refractivity contribution in [1.82, 2.24) is 0 Å². The molecule has 0 amide bonds. The standard InChI is InChI=1S/C47H60O12/c1-51-47-25-35-41(45(54-28-31-18-10-4-11-19-31)46-44(56-35)39(50)38(49)40(58-46)32-20-12-5-13-21-32)57-36(47)24-34-42(59-47)43(53-27-30-16-8-3-9-17-30)37(48)33(55-34)22-23-52-26-29-14-6-2-7-15-29/h2-4,6-11,14-19,32-46,48-50H,5,12-13,20-28H2,1H3/t33-,34+,35-,36-,37-,38+,39+,40-,41-,42+,43-,44-,45+,46-,47+/m0/s1. The van der Waals surface area contributed by atoms with Gasteiger partial charge in [-0.2, -0.15) is 0 Å². The summed E-state index contributed by atoms with van der Waals surface area (Å²) >= 11 is 0. The van der Waals surface area contributed by atoms with Gasteiger partial charge in [0, 0.05) is 26.6 Å². The third-order valence-corrected chi connectivity index (χ3v) is 13.5. The van der Waals surface area contributed by atoms with E-state index in [-0.39, 0.29) is 18.9 Å². The second kappa shape index (κ2) is 18.7. The summed E-state index contributed by atoms with van der Waals surface area (Å²) in [7, 11) is 1.59. The summed E-state index contributed by atoms with van der Waals surface area (Å²) in [5, 5.41) is 35.2. The largest absolute Gasteiger partial charge is 0.388 e. The Hall–Kier alpha value is -2.82. The topological polar surface area (TPSA) is 144 Å². The first-order chi connectivity index (χ1) is 28.9. The number of aliphatic hydroxyl groups excluding tert-OH is 3. The van der Waals surface area contributed by atoms with Crippen LogP contribution >= 0.6 is 0 Å². The van der Waals surface area contributed by atoms with Crippen LogP contribution in [0.15, 0.2) is 91.0 Å². The molecule has 6 fully saturated rings. The maximum absolute atomic E-state index is 11.9. The molecule has 0 bridgehead atoms. The molecule has 1 aliphatic carbocycles. The molecule has 5 saturated heterocycles. The van der Waals surface area contributed by atoms with Crippen LogP contribution in [0.3, 0.4) is 0 Å². The average Bonchev–Trinajstić information content (AvgIpc) is 3.28. The third-order valence-electron chi connectivity index (χ3n) is 13.5. The fourth-order valence-electron chi connectivity index (χ4n) is 10.4. The first-order valence-corrected chi connectivity index (χ1v) is 21.7. The molecule has 3 aromatic rings. The van der Waals surface area contributed by atoms with Gasteiger partial charge in [-0.3, -0.25) is 0 Å². The maximum Gasteiger partial charge on any atom is 0.197 e. The Labute approximate surface area is 346 Å². The van der Waals surface area contributed by atoms with Crippen molar-refractivity contribution in [2.45, 2.75) is 162 Å². The highest BCUT2D eigenvalue weighted by molar-refractivity contribution is 5.17. The van der Waals surface area contributed by atoms with Gasteiger partial charge in [0.2, 0.25) is 0 Å². The highest BCUT2D eigenvalue weighted by atomic mass is 16.7. The van der Waals surface area contributed by atoms with Crippen LogP contribution in [0.4, 0.5) is 0 Å². The number of ether oxygens (including phenoxy) is 9. The normalized spacial score (nSPS) is 39.7. The highest BCUT2D eigenvalue weighted by Crippen LogP contribution is 2.50. The molecule has 9 rings (SSSR count). The van der Waals surface area contributed by atoms with Crippen LogP contribution in [0.2, 0.25) is 0 Å². The molecule has 59 heavy (non-hydrogen) atoms. The molecule has 6 aliphatic rings. The van der Waals surface area contributed by atoms with Gasteiger partial charge in [0.05, 0.1) is 44.2 Å². The Kier molecular flexibility index (Phi) is 13.1. The van der Waals surface area contributed by atoms with Gasteiger partial charge in [-0.15, -0.1) is 0 Å². The predicted octanol–water partition coefficient (Wildman–Crippen LogP) is 5.02. The van der Waals surface area contributed by atoms with Gasteiger partial charge in [0.15, 0.2) is 5.79 Å². The van der Waals surface area contributed by atoms with Crippen molar-refractivity contribution >= 4 is 0 Å². The third kappa shape index (κ3) is 8.80. The molecular formula is C47H60O12. The molecule has 3 aromatic carbocycles. The second-order valence-corrected chi connectivity index (χ2v) is 17.3. The first-order valence-electron chi connectivity index (χ1n) is 21.7. The number of methoxy groups -OCH3 is 1. The van der Waals surface area contributed by atoms with Gasteiger partial charge in [-0.05, 0) is 41.9 Å². The summed E-state index contributed by atoms with van der Waals surface area (Å²) in [6, 6.07) is 29.8. The Morgan fingerprint density at radius 2 is 1.20 bits per heavy atom. The number of hydrogen-bond acceptors (Lipinski definition) is 12. The van der Waals surface area contributed by atoms with Crippen LogP contribution in [0.1, 0.15) is 68.1 Å². The monoisotopic (exact) mass is 816 g/mol. The van der Waals surface area contributed by atoms with Gasteiger partial charge in [0.25, 0.3) is 0 Å². The van der Waals surface area contributed by atoms with E-state index in [0.717, 1.165) is 48.8 Å². The number of rotatable bonds is 13. The fraction of sp³-hybridized carbons (Fsp3) is 0.617. The minimum absolute atomic E-state index is 0.131. The molecule has 320 valence electrons. The fourth-order valence-corrected chi connectivity index (χ4v) is 10.4. The lowest BCUT2D eigenvalue weighted by Crippen LogP contribution is -2.76. The zero-order chi connectivity index (χ0) is 40.3. The second-order valence-electron chi connectivity index (χ2n) is 17.3. The maximum atomic E-state index is 11.9. The van der Waals surface area contributed by atoms with Gasteiger partial charge < -0.3 is 58.0 Å². The molecule has 5 aliphatic heterocycles. The van der Waals surface area contributed by atoms with Crippen LogP contribution in [-0.4, -0.2) is 120 Å². The Balaban J connectivity index is 0.969. The number of aliphatic hydroxyl groups is 3. The Morgan fingerprint density at radius 3 is 1.85 bits per heavy atom. The van der Waals surface area contributed by atoms with E-state index in [2.05, 4.69) is 0 Å². The lowest BCUT2D eigenvalue weighted by molar-refractivity contribution is -0.427. The number of benzene rings is 3. The predicted molar refractivity (Wildman–Crippen MR) is 214 cm³/mol. The van der Waals surface area contributed by atoms with E-state index < -0.39 is 91.2 Å². The van der Waals surface area contributed by atoms with Crippen molar-refractivity contribution in [1.29, 1.82) is 0 Å². The highest BCUT2D eigenvalue weighted by Gasteiger charge is 2.66. The minimum Gasteiger partial charge on any atom is -0.388 e. The van der Waals surface area contributed by atoms with Crippen molar-refractivity contribution < 1.29 is 58.0 Å². The van der Waals surface area contributed by atoms with Crippen molar-refractivity contribution in [3.05, 3.63) is 108 Å². The van der Waals surface area contributed by atoms with Crippen molar-refractivity contribution in [2.75, 3.05) is 13.7 Å². The van der Waals surface area contributed by atoms with E-state index in [1.165, 1.54) is 0 Å². The molecule has 12 heteroatoms. The molecular weight excluding hydrogens is 757 g/mol. The SMILES string of the molecule is CO[C@@]12C[C@@H]3O[C@H]4[C@H](O)[C@@H](O)[C@H](C5CCCCC5)O[C@@H]4[C@H](OCc4ccccc4)[C@H]3O[C@H]1C[C@H]1O[C@@H](CCOCc3ccccc3)[C@H](O)[C@H](OCc3ccccc3)[C@@H]1O2. The molecule has 5 heterocycles. The van der Waals surface area contributed by atoms with Crippen molar-refractivity contribution in [2.24, 2.45) is 5.92 Å². The van der Waals surface area contributed by atoms with Gasteiger partial charge >= 0.3 is 0 Å². The smallest absolute Gasteiger partial charge is 0.197 e. The van der Waals surface area contributed by atoms with Crippen LogP contribution < -0.4 is 0 Å². The summed E-state index contributed by atoms with van der Waals surface area (Å²) < 4.78 is 60.0. The minimum atomic E-state index is -1.30. The lowest BCUT2D eigenvalue weighted by atomic mass is 9.76. The van der Waals surface area contributed by atoms with E-state index >= 15 is 0 Å². The summed E-state index contributed by atoms with van der Waals surface area (Å²) in [5.74, 6) is -1.17. The average molecular weight is 817 g/mol. The quantitative estimate of drug-likeness (QED) is 0.200. The first kappa shape index (κ1) is 41.5. The summed E-state index contributed by atoms with van der Waals surface area (Å²) in [4.78, 5) is 0. The van der Waals surface area contributed by atoms with Crippen LogP contribution in [0, 0.1) is 5.92 Å². The zero-order valence-electron chi connectivity index (χ0n) is 33.8. The van der Waals surface area contributed by atoms with Crippen molar-refractivity contribution in [3.8, 4) is 0 Å². The van der Waals surface area contributed by atoms with Gasteiger partial charge in [-0.25, -0.2) is 0 Å². The van der Waals surface area contributed by atoms with E-state index in [4.69, 9.17) is 42.6 Å². The van der Waals surface area contributed by atoms with Crippen LogP contribution in [0.5, 0.6) is 0 Å². The van der Waals surface area contributed by atoms with E-state index in [1.54, 1.807) is 7.11 Å². The van der Waals surface area contributed by atoms with Gasteiger partial charge in [0.1, 0.15) is 61.0 Å². The van der Waals surface area contributed by atoms with Crippen molar-refractivity contribution in [3.63, 3.8) is 0 Å². The zero-order valence-corrected chi connectivity index (χ0v) is 33.8. The van der Waals surface area contributed by atoms with Crippen LogP contribution in [-0.2, 0) is 62.5 Å².